The van der Waals surface area contributed by atoms with Crippen molar-refractivity contribution in [1.29, 1.82) is 0 Å². The van der Waals surface area contributed by atoms with Gasteiger partial charge in [0.25, 0.3) is 0 Å². The lowest BCUT2D eigenvalue weighted by Crippen LogP contribution is -2.24. The molecule has 5 heteroatoms. The first-order chi connectivity index (χ1) is 7.49. The number of rotatable bonds is 4. The van der Waals surface area contributed by atoms with Crippen molar-refractivity contribution >= 4 is 17.6 Å². The molecule has 0 spiro atoms. The molecule has 0 aliphatic heterocycles. The molecule has 0 aromatic heterocycles. The summed E-state index contributed by atoms with van der Waals surface area (Å²) in [4.78, 5) is 10.7. The third-order valence-corrected chi connectivity index (χ3v) is 1.98. The second-order valence-corrected chi connectivity index (χ2v) is 3.99. The van der Waals surface area contributed by atoms with E-state index in [2.05, 4.69) is 0 Å². The number of carboxylic acids is 1. The lowest BCUT2D eigenvalue weighted by atomic mass is 10.1. The van der Waals surface area contributed by atoms with E-state index in [-0.39, 0.29) is 5.56 Å². The fourth-order valence-electron chi connectivity index (χ4n) is 1.29. The summed E-state index contributed by atoms with van der Waals surface area (Å²) in [7, 11) is 0. The molecule has 0 radical (unpaired) electrons. The summed E-state index contributed by atoms with van der Waals surface area (Å²) >= 11 is 5.67. The number of carbonyl (C=O) groups is 1. The van der Waals surface area contributed by atoms with Crippen LogP contribution in [0.1, 0.15) is 22.8 Å². The van der Waals surface area contributed by atoms with Gasteiger partial charge in [-0.3, -0.25) is 0 Å². The largest absolute Gasteiger partial charge is 0.478 e. The van der Waals surface area contributed by atoms with Gasteiger partial charge in [-0.15, -0.1) is 0 Å². The number of halogens is 1. The van der Waals surface area contributed by atoms with Gasteiger partial charge in [0.15, 0.2) is 0 Å². The third kappa shape index (κ3) is 3.92. The molecule has 1 rings (SSSR count). The van der Waals surface area contributed by atoms with Crippen LogP contribution in [0.25, 0.3) is 0 Å². The second kappa shape index (κ2) is 5.53. The quantitative estimate of drug-likeness (QED) is 0.625. The molecule has 0 unspecified atom stereocenters. The molecule has 4 nitrogen and oxygen atoms in total. The van der Waals surface area contributed by atoms with Crippen molar-refractivity contribution in [1.82, 2.24) is 5.01 Å². The molecule has 0 aliphatic rings. The first-order valence-electron chi connectivity index (χ1n) is 4.66. The van der Waals surface area contributed by atoms with Crippen molar-refractivity contribution in [2.45, 2.75) is 13.5 Å². The number of allylic oxidation sites excluding steroid dienone is 1. The minimum absolute atomic E-state index is 0.248. The molecular weight excluding hydrogens is 228 g/mol. The van der Waals surface area contributed by atoms with Gasteiger partial charge >= 0.3 is 5.97 Å². The summed E-state index contributed by atoms with van der Waals surface area (Å²) in [5, 5.41) is 10.8. The Morgan fingerprint density at radius 3 is 2.88 bits per heavy atom. The monoisotopic (exact) mass is 240 g/mol. The highest BCUT2D eigenvalue weighted by atomic mass is 35.5. The number of hydrogen-bond donors (Lipinski definition) is 2. The summed E-state index contributed by atoms with van der Waals surface area (Å²) in [6.07, 6.45) is 1.58. The van der Waals surface area contributed by atoms with Gasteiger partial charge in [0.1, 0.15) is 0 Å². The summed E-state index contributed by atoms with van der Waals surface area (Å²) in [5.74, 6) is 4.71. The van der Waals surface area contributed by atoms with E-state index in [0.717, 1.165) is 5.56 Å². The maximum atomic E-state index is 10.7. The molecule has 0 heterocycles. The summed E-state index contributed by atoms with van der Waals surface area (Å²) in [6, 6.07) is 6.61. The van der Waals surface area contributed by atoms with E-state index in [1.165, 1.54) is 11.1 Å². The van der Waals surface area contributed by atoms with Gasteiger partial charge in [0, 0.05) is 11.2 Å². The van der Waals surface area contributed by atoms with E-state index in [1.54, 1.807) is 25.3 Å². The standard InChI is InChI=1S/C11H13ClN2O2/c1-8(12)6-14(13)7-9-3-2-4-10(5-9)11(15)16/h2-6H,7,13H2,1H3,(H,15,16)/b8-6+. The van der Waals surface area contributed by atoms with Crippen molar-refractivity contribution in [3.63, 3.8) is 0 Å². The molecule has 3 N–H and O–H groups in total. The van der Waals surface area contributed by atoms with Crippen LogP contribution in [0.4, 0.5) is 0 Å². The van der Waals surface area contributed by atoms with E-state index >= 15 is 0 Å². The molecule has 0 atom stereocenters. The number of benzene rings is 1. The Morgan fingerprint density at radius 2 is 2.31 bits per heavy atom. The van der Waals surface area contributed by atoms with Gasteiger partial charge < -0.3 is 10.1 Å². The Kier molecular flexibility index (Phi) is 4.34. The molecule has 1 aromatic carbocycles. The van der Waals surface area contributed by atoms with Gasteiger partial charge in [-0.1, -0.05) is 23.7 Å². The molecular formula is C11H13ClN2O2. The van der Waals surface area contributed by atoms with Gasteiger partial charge in [0.05, 0.1) is 12.1 Å². The van der Waals surface area contributed by atoms with Crippen LogP contribution in [0.2, 0.25) is 0 Å². The number of hydrogen-bond acceptors (Lipinski definition) is 3. The fourth-order valence-corrected chi connectivity index (χ4v) is 1.41. The minimum Gasteiger partial charge on any atom is -0.478 e. The number of nitrogens with zero attached hydrogens (tertiary/aromatic N) is 1. The normalized spacial score (nSPS) is 11.3. The molecule has 86 valence electrons. The van der Waals surface area contributed by atoms with E-state index in [0.29, 0.717) is 11.6 Å². The first kappa shape index (κ1) is 12.5. The van der Waals surface area contributed by atoms with E-state index in [4.69, 9.17) is 22.6 Å². The van der Waals surface area contributed by atoms with Crippen molar-refractivity contribution in [2.24, 2.45) is 5.84 Å². The van der Waals surface area contributed by atoms with E-state index in [1.807, 2.05) is 6.07 Å². The smallest absolute Gasteiger partial charge is 0.335 e. The Balaban J connectivity index is 2.78. The topological polar surface area (TPSA) is 66.6 Å². The van der Waals surface area contributed by atoms with Crippen LogP contribution >= 0.6 is 11.6 Å². The van der Waals surface area contributed by atoms with Crippen LogP contribution in [-0.2, 0) is 6.54 Å². The van der Waals surface area contributed by atoms with Gasteiger partial charge in [-0.25, -0.2) is 10.6 Å². The number of hydrazine groups is 1. The molecule has 0 bridgehead atoms. The minimum atomic E-state index is -0.950. The third-order valence-electron chi connectivity index (χ3n) is 1.88. The van der Waals surface area contributed by atoms with Gasteiger partial charge in [-0.05, 0) is 24.6 Å². The summed E-state index contributed by atoms with van der Waals surface area (Å²) < 4.78 is 0. The predicted molar refractivity (Wildman–Crippen MR) is 62.7 cm³/mol. The number of nitrogens with two attached hydrogens (primary N) is 1. The van der Waals surface area contributed by atoms with Crippen molar-refractivity contribution in [3.8, 4) is 0 Å². The van der Waals surface area contributed by atoms with Crippen LogP contribution < -0.4 is 5.84 Å². The van der Waals surface area contributed by atoms with Crippen LogP contribution in [0, 0.1) is 0 Å². The fraction of sp³-hybridized carbons (Fsp3) is 0.182. The molecule has 0 saturated heterocycles. The lowest BCUT2D eigenvalue weighted by molar-refractivity contribution is 0.0696. The zero-order valence-electron chi connectivity index (χ0n) is 8.85. The Labute approximate surface area is 98.9 Å². The summed E-state index contributed by atoms with van der Waals surface area (Å²) in [5.41, 5.74) is 1.06. The Hall–Kier alpha value is -1.52. The highest BCUT2D eigenvalue weighted by Crippen LogP contribution is 2.08. The Bertz CT molecular complexity index is 414. The molecule has 16 heavy (non-hydrogen) atoms. The van der Waals surface area contributed by atoms with Crippen LogP contribution in [0.3, 0.4) is 0 Å². The van der Waals surface area contributed by atoms with Crippen LogP contribution in [0.15, 0.2) is 35.5 Å². The average Bonchev–Trinajstić information content (AvgIpc) is 2.16. The maximum Gasteiger partial charge on any atom is 0.335 e. The SMILES string of the molecule is C/C(Cl)=C\N(N)Cc1cccc(C(=O)O)c1. The van der Waals surface area contributed by atoms with E-state index < -0.39 is 5.97 Å². The predicted octanol–water partition coefficient (Wildman–Crippen LogP) is 2.16. The van der Waals surface area contributed by atoms with E-state index in [9.17, 15) is 4.79 Å². The molecule has 0 aliphatic carbocycles. The lowest BCUT2D eigenvalue weighted by Gasteiger charge is -2.14. The second-order valence-electron chi connectivity index (χ2n) is 3.39. The maximum absolute atomic E-state index is 10.7. The van der Waals surface area contributed by atoms with Crippen molar-refractivity contribution in [2.75, 3.05) is 0 Å². The van der Waals surface area contributed by atoms with Crippen LogP contribution in [0.5, 0.6) is 0 Å². The first-order valence-corrected chi connectivity index (χ1v) is 5.04. The molecule has 0 saturated carbocycles. The highest BCUT2D eigenvalue weighted by molar-refractivity contribution is 6.29. The highest BCUT2D eigenvalue weighted by Gasteiger charge is 2.04. The molecule has 1 aromatic rings. The zero-order chi connectivity index (χ0) is 12.1. The summed E-state index contributed by atoms with van der Waals surface area (Å²) in [6.45, 7) is 2.13. The number of carboxylic acid groups (broad SMARTS) is 1. The van der Waals surface area contributed by atoms with Gasteiger partial charge in [-0.2, -0.15) is 0 Å². The molecule has 0 fully saturated rings. The molecule has 0 amide bonds. The van der Waals surface area contributed by atoms with Crippen molar-refractivity contribution in [3.05, 3.63) is 46.6 Å². The van der Waals surface area contributed by atoms with Crippen molar-refractivity contribution < 1.29 is 9.90 Å². The average molecular weight is 241 g/mol. The van der Waals surface area contributed by atoms with Crippen LogP contribution in [-0.4, -0.2) is 16.1 Å². The Morgan fingerprint density at radius 1 is 1.62 bits per heavy atom. The zero-order valence-corrected chi connectivity index (χ0v) is 9.61. The number of aromatic carboxylic acids is 1. The van der Waals surface area contributed by atoms with Gasteiger partial charge in [0.2, 0.25) is 0 Å².